The number of rotatable bonds is 4. The summed E-state index contributed by atoms with van der Waals surface area (Å²) in [6.07, 6.45) is 0. The highest BCUT2D eigenvalue weighted by Crippen LogP contribution is 2.18. The summed E-state index contributed by atoms with van der Waals surface area (Å²) in [4.78, 5) is 12.3. The van der Waals surface area contributed by atoms with Crippen molar-refractivity contribution in [2.75, 3.05) is 7.05 Å². The molecule has 78 valence electrons. The second-order valence-corrected chi connectivity index (χ2v) is 4.28. The molecule has 1 unspecified atom stereocenters. The van der Waals surface area contributed by atoms with E-state index in [2.05, 4.69) is 9.59 Å². The molecule has 0 fully saturated rings. The molecule has 1 rings (SSSR count). The average molecular weight is 236 g/mol. The Balaban J connectivity index is 2.61. The smallest absolute Gasteiger partial charge is 0.320 e. The second kappa shape index (κ2) is 4.68. The molecule has 1 atom stereocenters. The van der Waals surface area contributed by atoms with Crippen molar-refractivity contribution in [2.24, 2.45) is 0 Å². The van der Waals surface area contributed by atoms with E-state index in [4.69, 9.17) is 16.7 Å². The van der Waals surface area contributed by atoms with Gasteiger partial charge < -0.3 is 5.11 Å². The minimum Gasteiger partial charge on any atom is -0.480 e. The first-order valence-corrected chi connectivity index (χ1v) is 5.07. The van der Waals surface area contributed by atoms with Crippen LogP contribution in [0.15, 0.2) is 0 Å². The van der Waals surface area contributed by atoms with Gasteiger partial charge >= 0.3 is 5.97 Å². The zero-order valence-corrected chi connectivity index (χ0v) is 9.34. The van der Waals surface area contributed by atoms with Crippen molar-refractivity contribution >= 4 is 29.1 Å². The number of nitrogens with zero attached hydrogens (tertiary/aromatic N) is 3. The Hall–Kier alpha value is -0.720. The molecule has 0 amide bonds. The molecule has 0 bridgehead atoms. The number of carbonyl (C=O) groups is 1. The maximum absolute atomic E-state index is 10.6. The summed E-state index contributed by atoms with van der Waals surface area (Å²) in [6.45, 7) is 2.00. The van der Waals surface area contributed by atoms with E-state index >= 15 is 0 Å². The molecule has 0 spiro atoms. The number of carboxylic acid groups (broad SMARTS) is 1. The van der Waals surface area contributed by atoms with Crippen LogP contribution >= 0.6 is 23.1 Å². The van der Waals surface area contributed by atoms with Crippen LogP contribution in [-0.2, 0) is 11.3 Å². The molecule has 0 aliphatic heterocycles. The lowest BCUT2D eigenvalue weighted by atomic mass is 10.3. The van der Waals surface area contributed by atoms with E-state index in [0.717, 1.165) is 11.5 Å². The minimum atomic E-state index is -0.869. The molecule has 0 aromatic carbocycles. The highest BCUT2D eigenvalue weighted by Gasteiger charge is 2.18. The van der Waals surface area contributed by atoms with Crippen LogP contribution in [0, 0.1) is 0 Å². The molecule has 1 aromatic rings. The molecule has 14 heavy (non-hydrogen) atoms. The standard InChI is InChI=1S/C7H10ClN3O2S/c1-4(7(12)13)11(2)3-5-6(8)14-10-9-5/h4H,3H2,1-2H3,(H,12,13). The van der Waals surface area contributed by atoms with E-state index in [-0.39, 0.29) is 0 Å². The summed E-state index contributed by atoms with van der Waals surface area (Å²) >= 11 is 6.88. The predicted molar refractivity (Wildman–Crippen MR) is 53.5 cm³/mol. The SMILES string of the molecule is CC(C(=O)O)N(C)Cc1nnsc1Cl. The molecule has 1 aromatic heterocycles. The Morgan fingerprint density at radius 3 is 2.86 bits per heavy atom. The largest absolute Gasteiger partial charge is 0.480 e. The molecular formula is C7H10ClN3O2S. The molecule has 7 heteroatoms. The molecule has 0 saturated carbocycles. The lowest BCUT2D eigenvalue weighted by Gasteiger charge is -2.19. The van der Waals surface area contributed by atoms with Gasteiger partial charge in [-0.2, -0.15) is 0 Å². The number of likely N-dealkylation sites (N-methyl/N-ethyl adjacent to an activating group) is 1. The number of hydrogen-bond acceptors (Lipinski definition) is 5. The van der Waals surface area contributed by atoms with Crippen molar-refractivity contribution in [3.63, 3.8) is 0 Å². The van der Waals surface area contributed by atoms with E-state index in [0.29, 0.717) is 16.6 Å². The van der Waals surface area contributed by atoms with Crippen molar-refractivity contribution < 1.29 is 9.90 Å². The van der Waals surface area contributed by atoms with Gasteiger partial charge in [-0.3, -0.25) is 9.69 Å². The van der Waals surface area contributed by atoms with Gasteiger partial charge in [-0.05, 0) is 14.0 Å². The van der Waals surface area contributed by atoms with E-state index in [1.807, 2.05) is 0 Å². The molecule has 0 aliphatic rings. The topological polar surface area (TPSA) is 66.3 Å². The molecule has 0 saturated heterocycles. The third kappa shape index (κ3) is 2.63. The third-order valence-electron chi connectivity index (χ3n) is 1.93. The van der Waals surface area contributed by atoms with Gasteiger partial charge in [0.05, 0.1) is 0 Å². The Morgan fingerprint density at radius 2 is 2.43 bits per heavy atom. The van der Waals surface area contributed by atoms with Crippen LogP contribution in [0.2, 0.25) is 4.34 Å². The van der Waals surface area contributed by atoms with Crippen LogP contribution in [0.5, 0.6) is 0 Å². The van der Waals surface area contributed by atoms with Crippen molar-refractivity contribution in [2.45, 2.75) is 19.5 Å². The first-order valence-electron chi connectivity index (χ1n) is 3.92. The molecular weight excluding hydrogens is 226 g/mol. The molecule has 1 heterocycles. The highest BCUT2D eigenvalue weighted by atomic mass is 35.5. The Kier molecular flexibility index (Phi) is 3.79. The van der Waals surface area contributed by atoms with E-state index < -0.39 is 12.0 Å². The number of halogens is 1. The summed E-state index contributed by atoms with van der Waals surface area (Å²) in [5, 5.41) is 12.5. The third-order valence-corrected chi connectivity index (χ3v) is 2.91. The van der Waals surface area contributed by atoms with Crippen LogP contribution in [0.1, 0.15) is 12.6 Å². The van der Waals surface area contributed by atoms with Gasteiger partial charge in [0.25, 0.3) is 0 Å². The van der Waals surface area contributed by atoms with Crippen LogP contribution in [0.4, 0.5) is 0 Å². The van der Waals surface area contributed by atoms with Crippen LogP contribution in [0.25, 0.3) is 0 Å². The summed E-state index contributed by atoms with van der Waals surface area (Å²) in [6, 6.07) is -0.562. The number of carboxylic acids is 1. The molecule has 0 radical (unpaired) electrons. The molecule has 0 aliphatic carbocycles. The monoisotopic (exact) mass is 235 g/mol. The zero-order valence-electron chi connectivity index (χ0n) is 7.77. The fraction of sp³-hybridized carbons (Fsp3) is 0.571. The Labute approximate surface area is 90.5 Å². The van der Waals surface area contributed by atoms with Gasteiger partial charge in [-0.25, -0.2) is 0 Å². The van der Waals surface area contributed by atoms with Gasteiger partial charge in [0.1, 0.15) is 16.1 Å². The second-order valence-electron chi connectivity index (χ2n) is 2.92. The first-order chi connectivity index (χ1) is 6.52. The van der Waals surface area contributed by atoms with Gasteiger partial charge in [-0.15, -0.1) is 5.10 Å². The van der Waals surface area contributed by atoms with Gasteiger partial charge in [0.15, 0.2) is 0 Å². The van der Waals surface area contributed by atoms with Crippen molar-refractivity contribution in [3.8, 4) is 0 Å². The summed E-state index contributed by atoms with van der Waals surface area (Å²) in [5.74, 6) is -0.869. The maximum Gasteiger partial charge on any atom is 0.320 e. The maximum atomic E-state index is 10.6. The fourth-order valence-corrected chi connectivity index (χ4v) is 1.46. The molecule has 1 N–H and O–H groups in total. The fourth-order valence-electron chi connectivity index (χ4n) is 0.853. The van der Waals surface area contributed by atoms with Crippen molar-refractivity contribution in [1.82, 2.24) is 14.5 Å². The normalized spacial score (nSPS) is 13.1. The number of hydrogen-bond donors (Lipinski definition) is 1. The van der Waals surface area contributed by atoms with Crippen molar-refractivity contribution in [3.05, 3.63) is 10.0 Å². The van der Waals surface area contributed by atoms with Crippen LogP contribution in [-0.4, -0.2) is 38.7 Å². The summed E-state index contributed by atoms with van der Waals surface area (Å²) < 4.78 is 4.17. The van der Waals surface area contributed by atoms with Gasteiger partial charge in [0.2, 0.25) is 0 Å². The minimum absolute atomic E-state index is 0.392. The van der Waals surface area contributed by atoms with E-state index in [1.165, 1.54) is 0 Å². The number of aromatic nitrogens is 2. The predicted octanol–water partition coefficient (Wildman–Crippen LogP) is 1.10. The average Bonchev–Trinajstić information content (AvgIpc) is 2.50. The summed E-state index contributed by atoms with van der Waals surface area (Å²) in [7, 11) is 1.70. The summed E-state index contributed by atoms with van der Waals surface area (Å²) in [5.41, 5.74) is 0.618. The van der Waals surface area contributed by atoms with E-state index in [1.54, 1.807) is 18.9 Å². The zero-order chi connectivity index (χ0) is 10.7. The van der Waals surface area contributed by atoms with E-state index in [9.17, 15) is 4.79 Å². The van der Waals surface area contributed by atoms with Gasteiger partial charge in [0, 0.05) is 18.1 Å². The lowest BCUT2D eigenvalue weighted by Crippen LogP contribution is -2.35. The van der Waals surface area contributed by atoms with Crippen LogP contribution < -0.4 is 0 Å². The van der Waals surface area contributed by atoms with Crippen LogP contribution in [0.3, 0.4) is 0 Å². The Morgan fingerprint density at radius 1 is 1.79 bits per heavy atom. The highest BCUT2D eigenvalue weighted by molar-refractivity contribution is 7.10. The number of aliphatic carboxylic acids is 1. The quantitative estimate of drug-likeness (QED) is 0.847. The van der Waals surface area contributed by atoms with Crippen molar-refractivity contribution in [1.29, 1.82) is 0 Å². The first kappa shape index (κ1) is 11.4. The Bertz CT molecular complexity index is 330. The molecule has 5 nitrogen and oxygen atoms in total. The van der Waals surface area contributed by atoms with Gasteiger partial charge in [-0.1, -0.05) is 16.1 Å². The lowest BCUT2D eigenvalue weighted by molar-refractivity contribution is -0.142.